The molecule has 0 atom stereocenters. The van der Waals surface area contributed by atoms with Crippen LogP contribution in [0, 0.1) is 6.92 Å². The summed E-state index contributed by atoms with van der Waals surface area (Å²) in [5.41, 5.74) is 0.903. The zero-order valence-corrected chi connectivity index (χ0v) is 9.67. The molecule has 0 spiro atoms. The Morgan fingerprint density at radius 2 is 2.00 bits per heavy atom. The maximum Gasteiger partial charge on any atom is 0.161 e. The second-order valence-electron chi connectivity index (χ2n) is 3.08. The van der Waals surface area contributed by atoms with E-state index in [-0.39, 0.29) is 0 Å². The number of aryl methyl sites for hydroxylation is 1. The molecular formula is C10H16N2OS. The Kier molecular flexibility index (Phi) is 3.63. The average molecular weight is 212 g/mol. The Hall–Kier alpha value is -0.900. The maximum atomic E-state index is 12.0. The number of nitrogens with zero attached hydrogens (tertiary/aromatic N) is 2. The van der Waals surface area contributed by atoms with E-state index in [0.29, 0.717) is 17.3 Å². The van der Waals surface area contributed by atoms with E-state index in [1.807, 2.05) is 32.9 Å². The monoisotopic (exact) mass is 212 g/mol. The molecule has 0 aromatic carbocycles. The molecule has 1 aromatic rings. The molecule has 78 valence electrons. The van der Waals surface area contributed by atoms with Crippen LogP contribution in [-0.2, 0) is 9.73 Å². The number of rotatable bonds is 3. The lowest BCUT2D eigenvalue weighted by Crippen LogP contribution is -2.05. The van der Waals surface area contributed by atoms with Crippen LogP contribution in [0.4, 0.5) is 5.82 Å². The fourth-order valence-electron chi connectivity index (χ4n) is 1.08. The summed E-state index contributed by atoms with van der Waals surface area (Å²) >= 11 is 0. The molecule has 0 aliphatic carbocycles. The molecule has 4 heteroatoms. The summed E-state index contributed by atoms with van der Waals surface area (Å²) in [7, 11) is -2.07. The van der Waals surface area contributed by atoms with Gasteiger partial charge in [-0.3, -0.25) is 0 Å². The summed E-state index contributed by atoms with van der Waals surface area (Å²) in [6.45, 7) is 5.69. The van der Waals surface area contributed by atoms with Crippen LogP contribution < -0.4 is 0 Å². The van der Waals surface area contributed by atoms with Gasteiger partial charge in [-0.15, -0.1) is 0 Å². The van der Waals surface area contributed by atoms with Crippen LogP contribution in [0.25, 0.3) is 0 Å². The normalized spacial score (nSPS) is 11.4. The third kappa shape index (κ3) is 2.80. The fraction of sp³-hybridized carbons (Fsp3) is 0.500. The molecule has 14 heavy (non-hydrogen) atoms. The van der Waals surface area contributed by atoms with E-state index in [1.54, 1.807) is 6.07 Å². The molecule has 0 aliphatic rings. The molecule has 0 saturated carbocycles. The summed E-state index contributed by atoms with van der Waals surface area (Å²) < 4.78 is 16.2. The standard InChI is InChI=1S/C10H16N2OS/c1-4-14(13,5-2)12-10-8-6-7-9(3)11-10/h6-8H,4-5H2,1-3H3. The summed E-state index contributed by atoms with van der Waals surface area (Å²) in [6, 6.07) is 5.57. The molecule has 0 aliphatic heterocycles. The minimum absolute atomic E-state index is 0.582. The first kappa shape index (κ1) is 11.2. The molecule has 0 unspecified atom stereocenters. The number of hydrogen-bond acceptors (Lipinski definition) is 3. The molecular weight excluding hydrogens is 196 g/mol. The number of aromatic nitrogens is 1. The van der Waals surface area contributed by atoms with Crippen LogP contribution in [0.2, 0.25) is 0 Å². The van der Waals surface area contributed by atoms with Crippen molar-refractivity contribution < 1.29 is 4.21 Å². The van der Waals surface area contributed by atoms with Crippen LogP contribution >= 0.6 is 0 Å². The first-order valence-electron chi connectivity index (χ1n) is 4.76. The van der Waals surface area contributed by atoms with Crippen molar-refractivity contribution in [2.45, 2.75) is 20.8 Å². The molecule has 0 fully saturated rings. The lowest BCUT2D eigenvalue weighted by molar-refractivity contribution is 0.678. The molecule has 1 heterocycles. The quantitative estimate of drug-likeness (QED) is 0.772. The summed E-state index contributed by atoms with van der Waals surface area (Å²) in [5, 5.41) is 0. The molecule has 0 N–H and O–H groups in total. The van der Waals surface area contributed by atoms with E-state index < -0.39 is 9.73 Å². The van der Waals surface area contributed by atoms with Crippen LogP contribution in [-0.4, -0.2) is 20.7 Å². The highest BCUT2D eigenvalue weighted by atomic mass is 32.2. The predicted molar refractivity (Wildman–Crippen MR) is 60.3 cm³/mol. The second kappa shape index (κ2) is 4.55. The molecule has 1 aromatic heterocycles. The predicted octanol–water partition coefficient (Wildman–Crippen LogP) is 2.53. The van der Waals surface area contributed by atoms with Gasteiger partial charge in [0, 0.05) is 17.2 Å². The van der Waals surface area contributed by atoms with Crippen LogP contribution in [0.3, 0.4) is 0 Å². The molecule has 0 saturated heterocycles. The van der Waals surface area contributed by atoms with Crippen molar-refractivity contribution in [3.05, 3.63) is 23.9 Å². The second-order valence-corrected chi connectivity index (χ2v) is 5.96. The van der Waals surface area contributed by atoms with E-state index in [2.05, 4.69) is 9.35 Å². The van der Waals surface area contributed by atoms with Crippen molar-refractivity contribution in [3.8, 4) is 0 Å². The average Bonchev–Trinajstić information content (AvgIpc) is 2.18. The van der Waals surface area contributed by atoms with Crippen molar-refractivity contribution in [3.63, 3.8) is 0 Å². The number of pyridine rings is 1. The summed E-state index contributed by atoms with van der Waals surface area (Å²) in [4.78, 5) is 4.21. The summed E-state index contributed by atoms with van der Waals surface area (Å²) in [5.74, 6) is 1.75. The van der Waals surface area contributed by atoms with Crippen LogP contribution in [0.15, 0.2) is 22.6 Å². The summed E-state index contributed by atoms with van der Waals surface area (Å²) in [6.07, 6.45) is 0. The zero-order valence-electron chi connectivity index (χ0n) is 8.86. The molecule has 0 radical (unpaired) electrons. The highest BCUT2D eigenvalue weighted by Gasteiger charge is 2.03. The molecule has 1 rings (SSSR count). The van der Waals surface area contributed by atoms with Crippen molar-refractivity contribution in [2.75, 3.05) is 11.5 Å². The van der Waals surface area contributed by atoms with Gasteiger partial charge in [-0.25, -0.2) is 9.19 Å². The zero-order chi connectivity index (χ0) is 10.6. The van der Waals surface area contributed by atoms with E-state index in [0.717, 1.165) is 5.69 Å². The third-order valence-corrected chi connectivity index (χ3v) is 4.36. The topological polar surface area (TPSA) is 42.3 Å². The van der Waals surface area contributed by atoms with E-state index in [1.165, 1.54) is 0 Å². The van der Waals surface area contributed by atoms with Gasteiger partial charge in [0.1, 0.15) is 0 Å². The maximum absolute atomic E-state index is 12.0. The highest BCUT2D eigenvalue weighted by Crippen LogP contribution is 2.12. The first-order chi connectivity index (χ1) is 6.59. The Morgan fingerprint density at radius 3 is 2.50 bits per heavy atom. The lowest BCUT2D eigenvalue weighted by atomic mass is 10.4. The van der Waals surface area contributed by atoms with Gasteiger partial charge in [-0.1, -0.05) is 19.9 Å². The minimum atomic E-state index is -2.07. The Morgan fingerprint density at radius 1 is 1.36 bits per heavy atom. The Labute approximate surface area is 85.8 Å². The largest absolute Gasteiger partial charge is 0.249 e. The van der Waals surface area contributed by atoms with Gasteiger partial charge in [0.15, 0.2) is 5.82 Å². The van der Waals surface area contributed by atoms with Gasteiger partial charge < -0.3 is 0 Å². The van der Waals surface area contributed by atoms with Gasteiger partial charge in [0.2, 0.25) is 0 Å². The van der Waals surface area contributed by atoms with Gasteiger partial charge in [-0.05, 0) is 19.1 Å². The van der Waals surface area contributed by atoms with Gasteiger partial charge >= 0.3 is 0 Å². The van der Waals surface area contributed by atoms with Crippen molar-refractivity contribution in [1.29, 1.82) is 0 Å². The lowest BCUT2D eigenvalue weighted by Gasteiger charge is -2.03. The van der Waals surface area contributed by atoms with Crippen LogP contribution in [0.5, 0.6) is 0 Å². The fourth-order valence-corrected chi connectivity index (χ4v) is 2.19. The molecule has 3 nitrogen and oxygen atoms in total. The van der Waals surface area contributed by atoms with Crippen LogP contribution in [0.1, 0.15) is 19.5 Å². The highest BCUT2D eigenvalue weighted by molar-refractivity contribution is 7.93. The first-order valence-corrected chi connectivity index (χ1v) is 6.61. The van der Waals surface area contributed by atoms with Gasteiger partial charge in [0.05, 0.1) is 9.73 Å². The molecule has 0 bridgehead atoms. The smallest absolute Gasteiger partial charge is 0.161 e. The van der Waals surface area contributed by atoms with Gasteiger partial charge in [-0.2, -0.15) is 4.36 Å². The van der Waals surface area contributed by atoms with Crippen molar-refractivity contribution in [1.82, 2.24) is 4.98 Å². The van der Waals surface area contributed by atoms with E-state index in [4.69, 9.17) is 0 Å². The molecule has 0 amide bonds. The van der Waals surface area contributed by atoms with Gasteiger partial charge in [0.25, 0.3) is 0 Å². The van der Waals surface area contributed by atoms with E-state index >= 15 is 0 Å². The number of hydrogen-bond donors (Lipinski definition) is 0. The Balaban J connectivity index is 3.14. The van der Waals surface area contributed by atoms with Crippen molar-refractivity contribution >= 4 is 15.5 Å². The van der Waals surface area contributed by atoms with Crippen molar-refractivity contribution in [2.24, 2.45) is 4.36 Å². The SMILES string of the molecule is CCS(=O)(CC)=Nc1cccc(C)n1. The van der Waals surface area contributed by atoms with E-state index in [9.17, 15) is 4.21 Å². The Bertz CT molecular complexity index is 410. The third-order valence-electron chi connectivity index (χ3n) is 2.04. The minimum Gasteiger partial charge on any atom is -0.249 e.